The lowest BCUT2D eigenvalue weighted by atomic mass is 10.1. The van der Waals surface area contributed by atoms with E-state index >= 15 is 0 Å². The number of benzene rings is 1. The summed E-state index contributed by atoms with van der Waals surface area (Å²) in [6.07, 6.45) is 3.52. The molecule has 21 heavy (non-hydrogen) atoms. The van der Waals surface area contributed by atoms with Gasteiger partial charge in [0.05, 0.1) is 0 Å². The van der Waals surface area contributed by atoms with Crippen LogP contribution in [0, 0.1) is 0 Å². The van der Waals surface area contributed by atoms with Crippen LogP contribution in [0.2, 0.25) is 0 Å². The standard InChI is InChI=1S/C16H22N2O3/c19-14-7-5-13(6-8-14)9-10-17-15(20)3-1-11-18-12-2-4-16(18)21/h5-8,19H,1-4,9-12H2,(H,17,20). The molecular weight excluding hydrogens is 268 g/mol. The van der Waals surface area contributed by atoms with Crippen LogP contribution in [-0.2, 0) is 16.0 Å². The molecule has 1 fully saturated rings. The number of amides is 2. The monoisotopic (exact) mass is 290 g/mol. The predicted octanol–water partition coefficient (Wildman–Crippen LogP) is 1.45. The molecule has 2 rings (SSSR count). The Hall–Kier alpha value is -2.04. The molecule has 1 heterocycles. The van der Waals surface area contributed by atoms with Crippen molar-refractivity contribution in [1.82, 2.24) is 10.2 Å². The van der Waals surface area contributed by atoms with Gasteiger partial charge in [0.1, 0.15) is 5.75 Å². The second kappa shape index (κ2) is 7.67. The van der Waals surface area contributed by atoms with E-state index in [2.05, 4.69) is 5.32 Å². The van der Waals surface area contributed by atoms with Crippen LogP contribution in [0.1, 0.15) is 31.2 Å². The number of nitrogens with zero attached hydrogens (tertiary/aromatic N) is 1. The first-order chi connectivity index (χ1) is 10.1. The van der Waals surface area contributed by atoms with Gasteiger partial charge >= 0.3 is 0 Å². The molecule has 5 nitrogen and oxygen atoms in total. The summed E-state index contributed by atoms with van der Waals surface area (Å²) in [5, 5.41) is 12.1. The van der Waals surface area contributed by atoms with Crippen molar-refractivity contribution in [1.29, 1.82) is 0 Å². The maximum Gasteiger partial charge on any atom is 0.222 e. The number of nitrogens with one attached hydrogen (secondary N) is 1. The summed E-state index contributed by atoms with van der Waals surface area (Å²) in [5.74, 6) is 0.488. The maximum absolute atomic E-state index is 11.7. The molecule has 0 bridgehead atoms. The first kappa shape index (κ1) is 15.4. The number of likely N-dealkylation sites (tertiary alicyclic amines) is 1. The largest absolute Gasteiger partial charge is 0.508 e. The van der Waals surface area contributed by atoms with Crippen LogP contribution < -0.4 is 5.32 Å². The van der Waals surface area contributed by atoms with Crippen LogP contribution >= 0.6 is 0 Å². The Morgan fingerprint density at radius 1 is 1.29 bits per heavy atom. The Kier molecular flexibility index (Phi) is 5.60. The average molecular weight is 290 g/mol. The van der Waals surface area contributed by atoms with Crippen LogP contribution in [0.15, 0.2) is 24.3 Å². The molecule has 2 amide bonds. The summed E-state index contributed by atoms with van der Waals surface area (Å²) in [7, 11) is 0. The molecule has 1 aromatic rings. The molecule has 0 unspecified atom stereocenters. The zero-order chi connectivity index (χ0) is 15.1. The van der Waals surface area contributed by atoms with Gasteiger partial charge in [0.25, 0.3) is 0 Å². The van der Waals surface area contributed by atoms with Gasteiger partial charge in [-0.2, -0.15) is 0 Å². The predicted molar refractivity (Wildman–Crippen MR) is 79.9 cm³/mol. The second-order valence-electron chi connectivity index (χ2n) is 5.35. The van der Waals surface area contributed by atoms with Gasteiger partial charge in [-0.15, -0.1) is 0 Å². The highest BCUT2D eigenvalue weighted by atomic mass is 16.3. The van der Waals surface area contributed by atoms with Crippen molar-refractivity contribution in [3.05, 3.63) is 29.8 Å². The minimum Gasteiger partial charge on any atom is -0.508 e. The van der Waals surface area contributed by atoms with Crippen LogP contribution in [0.3, 0.4) is 0 Å². The molecule has 0 spiro atoms. The number of phenolic OH excluding ortho intramolecular Hbond substituents is 1. The van der Waals surface area contributed by atoms with E-state index in [0.717, 1.165) is 31.4 Å². The summed E-state index contributed by atoms with van der Waals surface area (Å²) in [4.78, 5) is 24.9. The Bertz CT molecular complexity index is 485. The van der Waals surface area contributed by atoms with E-state index in [1.807, 2.05) is 17.0 Å². The fraction of sp³-hybridized carbons (Fsp3) is 0.500. The highest BCUT2D eigenvalue weighted by molar-refractivity contribution is 5.78. The molecule has 1 aliphatic rings. The topological polar surface area (TPSA) is 69.6 Å². The van der Waals surface area contributed by atoms with Crippen molar-refractivity contribution in [2.24, 2.45) is 0 Å². The van der Waals surface area contributed by atoms with Gasteiger partial charge in [0.2, 0.25) is 11.8 Å². The summed E-state index contributed by atoms with van der Waals surface area (Å²) in [6.45, 7) is 2.11. The Morgan fingerprint density at radius 3 is 2.71 bits per heavy atom. The molecule has 2 N–H and O–H groups in total. The van der Waals surface area contributed by atoms with Crippen LogP contribution in [0.5, 0.6) is 5.75 Å². The number of rotatable bonds is 7. The fourth-order valence-electron chi connectivity index (χ4n) is 2.47. The summed E-state index contributed by atoms with van der Waals surface area (Å²) < 4.78 is 0. The van der Waals surface area contributed by atoms with Crippen molar-refractivity contribution >= 4 is 11.8 Å². The van der Waals surface area contributed by atoms with E-state index in [1.54, 1.807) is 12.1 Å². The Labute approximate surface area is 125 Å². The van der Waals surface area contributed by atoms with Crippen molar-refractivity contribution < 1.29 is 14.7 Å². The van der Waals surface area contributed by atoms with Gasteiger partial charge in [-0.1, -0.05) is 12.1 Å². The molecule has 114 valence electrons. The molecule has 0 atom stereocenters. The first-order valence-electron chi connectivity index (χ1n) is 7.47. The Morgan fingerprint density at radius 2 is 2.05 bits per heavy atom. The third-order valence-electron chi connectivity index (χ3n) is 3.68. The Balaban J connectivity index is 1.57. The third-order valence-corrected chi connectivity index (χ3v) is 3.68. The zero-order valence-corrected chi connectivity index (χ0v) is 12.2. The minimum atomic E-state index is 0.0282. The lowest BCUT2D eigenvalue weighted by Gasteiger charge is -2.14. The third kappa shape index (κ3) is 5.10. The lowest BCUT2D eigenvalue weighted by Crippen LogP contribution is -2.29. The number of carbonyl (C=O) groups excluding carboxylic acids is 2. The van der Waals surface area contributed by atoms with Gasteiger partial charge in [-0.3, -0.25) is 9.59 Å². The summed E-state index contributed by atoms with van der Waals surface area (Å²) in [6, 6.07) is 6.98. The van der Waals surface area contributed by atoms with Crippen LogP contribution in [-0.4, -0.2) is 41.5 Å². The molecule has 0 saturated carbocycles. The van der Waals surface area contributed by atoms with E-state index < -0.39 is 0 Å². The SMILES string of the molecule is O=C(CCCN1CCCC1=O)NCCc1ccc(O)cc1. The highest BCUT2D eigenvalue weighted by Gasteiger charge is 2.19. The van der Waals surface area contributed by atoms with Gasteiger partial charge in [0.15, 0.2) is 0 Å². The van der Waals surface area contributed by atoms with Crippen LogP contribution in [0.4, 0.5) is 0 Å². The quantitative estimate of drug-likeness (QED) is 0.798. The lowest BCUT2D eigenvalue weighted by molar-refractivity contribution is -0.128. The molecule has 1 aromatic carbocycles. The summed E-state index contributed by atoms with van der Waals surface area (Å²) in [5.41, 5.74) is 1.08. The van der Waals surface area contributed by atoms with Crippen LogP contribution in [0.25, 0.3) is 0 Å². The van der Waals surface area contributed by atoms with Gasteiger partial charge < -0.3 is 15.3 Å². The first-order valence-corrected chi connectivity index (χ1v) is 7.47. The highest BCUT2D eigenvalue weighted by Crippen LogP contribution is 2.11. The van der Waals surface area contributed by atoms with Gasteiger partial charge in [-0.05, 0) is 37.0 Å². The van der Waals surface area contributed by atoms with Crippen molar-refractivity contribution in [2.45, 2.75) is 32.1 Å². The molecule has 1 aliphatic heterocycles. The number of hydrogen-bond donors (Lipinski definition) is 2. The van der Waals surface area contributed by atoms with Gasteiger partial charge in [0, 0.05) is 32.5 Å². The normalized spacial score (nSPS) is 14.5. The number of hydrogen-bond acceptors (Lipinski definition) is 3. The summed E-state index contributed by atoms with van der Waals surface area (Å²) >= 11 is 0. The molecule has 0 aromatic heterocycles. The molecular formula is C16H22N2O3. The number of aromatic hydroxyl groups is 1. The smallest absolute Gasteiger partial charge is 0.222 e. The fourth-order valence-corrected chi connectivity index (χ4v) is 2.47. The molecule has 0 aliphatic carbocycles. The van der Waals surface area contributed by atoms with E-state index in [1.165, 1.54) is 0 Å². The van der Waals surface area contributed by atoms with Crippen molar-refractivity contribution in [3.8, 4) is 5.75 Å². The molecule has 1 saturated heterocycles. The van der Waals surface area contributed by atoms with E-state index in [-0.39, 0.29) is 17.6 Å². The van der Waals surface area contributed by atoms with Crippen molar-refractivity contribution in [3.63, 3.8) is 0 Å². The number of phenols is 1. The number of carbonyl (C=O) groups is 2. The molecule has 0 radical (unpaired) electrons. The van der Waals surface area contributed by atoms with E-state index in [4.69, 9.17) is 0 Å². The van der Waals surface area contributed by atoms with E-state index in [9.17, 15) is 14.7 Å². The minimum absolute atomic E-state index is 0.0282. The average Bonchev–Trinajstić information content (AvgIpc) is 2.87. The van der Waals surface area contributed by atoms with E-state index in [0.29, 0.717) is 25.9 Å². The second-order valence-corrected chi connectivity index (χ2v) is 5.35. The molecule has 5 heteroatoms. The van der Waals surface area contributed by atoms with Gasteiger partial charge in [-0.25, -0.2) is 0 Å². The van der Waals surface area contributed by atoms with Crippen molar-refractivity contribution in [2.75, 3.05) is 19.6 Å². The zero-order valence-electron chi connectivity index (χ0n) is 12.2. The maximum atomic E-state index is 11.7.